The molecule has 0 saturated heterocycles. The Balaban J connectivity index is 2.69. The normalized spacial score (nSPS) is 11.5. The van der Waals surface area contributed by atoms with Crippen molar-refractivity contribution in [3.63, 3.8) is 0 Å². The molecule has 0 radical (unpaired) electrons. The SMILES string of the molecule is CCc1cn2c(C(C)C)nnc2cc1F. The monoisotopic (exact) mass is 207 g/mol. The molecular formula is C11H14FN3. The molecule has 0 saturated carbocycles. The molecule has 0 fully saturated rings. The van der Waals surface area contributed by atoms with Crippen LogP contribution in [0.25, 0.3) is 5.65 Å². The highest BCUT2D eigenvalue weighted by atomic mass is 19.1. The highest BCUT2D eigenvalue weighted by molar-refractivity contribution is 5.40. The van der Waals surface area contributed by atoms with E-state index in [1.165, 1.54) is 6.07 Å². The quantitative estimate of drug-likeness (QED) is 0.757. The maximum absolute atomic E-state index is 13.4. The lowest BCUT2D eigenvalue weighted by Crippen LogP contribution is -1.99. The lowest BCUT2D eigenvalue weighted by atomic mass is 10.2. The molecule has 0 aliphatic rings. The fourth-order valence-corrected chi connectivity index (χ4v) is 1.62. The van der Waals surface area contributed by atoms with Crippen molar-refractivity contribution in [2.24, 2.45) is 0 Å². The van der Waals surface area contributed by atoms with Gasteiger partial charge in [0.05, 0.1) is 0 Å². The molecule has 0 aliphatic carbocycles. The van der Waals surface area contributed by atoms with E-state index in [1.54, 1.807) is 6.20 Å². The van der Waals surface area contributed by atoms with E-state index < -0.39 is 0 Å². The third kappa shape index (κ3) is 1.60. The first-order valence-corrected chi connectivity index (χ1v) is 5.16. The Labute approximate surface area is 87.9 Å². The molecular weight excluding hydrogens is 193 g/mol. The van der Waals surface area contributed by atoms with E-state index >= 15 is 0 Å². The van der Waals surface area contributed by atoms with Crippen molar-refractivity contribution in [1.82, 2.24) is 14.6 Å². The van der Waals surface area contributed by atoms with E-state index in [0.717, 1.165) is 5.82 Å². The first-order valence-electron chi connectivity index (χ1n) is 5.16. The maximum atomic E-state index is 13.4. The lowest BCUT2D eigenvalue weighted by molar-refractivity contribution is 0.609. The summed E-state index contributed by atoms with van der Waals surface area (Å²) < 4.78 is 15.3. The lowest BCUT2D eigenvalue weighted by Gasteiger charge is -2.05. The molecule has 2 aromatic heterocycles. The zero-order valence-corrected chi connectivity index (χ0v) is 9.16. The van der Waals surface area contributed by atoms with Gasteiger partial charge in [-0.3, -0.25) is 4.40 Å². The second-order valence-corrected chi connectivity index (χ2v) is 3.94. The minimum atomic E-state index is -0.201. The summed E-state index contributed by atoms with van der Waals surface area (Å²) in [5, 5.41) is 8.01. The Morgan fingerprint density at radius 1 is 1.40 bits per heavy atom. The van der Waals surface area contributed by atoms with Gasteiger partial charge < -0.3 is 0 Å². The second kappa shape index (κ2) is 3.61. The first kappa shape index (κ1) is 10.1. The van der Waals surface area contributed by atoms with Gasteiger partial charge in [-0.2, -0.15) is 0 Å². The molecule has 2 aromatic rings. The van der Waals surface area contributed by atoms with Crippen LogP contribution in [0.15, 0.2) is 12.3 Å². The van der Waals surface area contributed by atoms with Crippen LogP contribution in [-0.4, -0.2) is 14.6 Å². The van der Waals surface area contributed by atoms with Crippen molar-refractivity contribution in [3.05, 3.63) is 29.5 Å². The van der Waals surface area contributed by atoms with Gasteiger partial charge in [-0.1, -0.05) is 20.8 Å². The number of rotatable bonds is 2. The summed E-state index contributed by atoms with van der Waals surface area (Å²) in [5.41, 5.74) is 1.28. The van der Waals surface area contributed by atoms with E-state index in [-0.39, 0.29) is 11.7 Å². The molecule has 0 N–H and O–H groups in total. The van der Waals surface area contributed by atoms with Crippen molar-refractivity contribution >= 4 is 5.65 Å². The van der Waals surface area contributed by atoms with Gasteiger partial charge in [0.25, 0.3) is 0 Å². The first-order chi connectivity index (χ1) is 7.13. The van der Waals surface area contributed by atoms with Gasteiger partial charge in [0.1, 0.15) is 11.6 Å². The van der Waals surface area contributed by atoms with Crippen LogP contribution in [0.2, 0.25) is 0 Å². The van der Waals surface area contributed by atoms with Crippen molar-refractivity contribution in [1.29, 1.82) is 0 Å². The number of nitrogens with zero attached hydrogens (tertiary/aromatic N) is 3. The summed E-state index contributed by atoms with van der Waals surface area (Å²) in [4.78, 5) is 0. The molecule has 0 bridgehead atoms. The zero-order chi connectivity index (χ0) is 11.0. The fourth-order valence-electron chi connectivity index (χ4n) is 1.62. The standard InChI is InChI=1S/C11H14FN3/c1-4-8-6-15-10(5-9(8)12)13-14-11(15)7(2)3/h5-7H,4H2,1-3H3. The van der Waals surface area contributed by atoms with Crippen molar-refractivity contribution in [2.75, 3.05) is 0 Å². The van der Waals surface area contributed by atoms with Crippen LogP contribution in [-0.2, 0) is 6.42 Å². The number of pyridine rings is 1. The Hall–Kier alpha value is -1.45. The Bertz CT molecular complexity index is 488. The molecule has 0 aromatic carbocycles. The predicted molar refractivity (Wildman–Crippen MR) is 56.4 cm³/mol. The fraction of sp³-hybridized carbons (Fsp3) is 0.455. The van der Waals surface area contributed by atoms with Crippen LogP contribution in [0.4, 0.5) is 4.39 Å². The molecule has 0 atom stereocenters. The molecule has 2 heterocycles. The smallest absolute Gasteiger partial charge is 0.163 e. The van der Waals surface area contributed by atoms with Crippen molar-refractivity contribution in [2.45, 2.75) is 33.1 Å². The van der Waals surface area contributed by atoms with E-state index in [2.05, 4.69) is 10.2 Å². The number of aromatic nitrogens is 3. The minimum Gasteiger partial charge on any atom is -0.286 e. The van der Waals surface area contributed by atoms with Gasteiger partial charge in [0.15, 0.2) is 5.65 Å². The van der Waals surface area contributed by atoms with E-state index in [9.17, 15) is 4.39 Å². The molecule has 0 spiro atoms. The molecule has 0 aliphatic heterocycles. The van der Waals surface area contributed by atoms with Gasteiger partial charge in [0, 0.05) is 23.7 Å². The van der Waals surface area contributed by atoms with Gasteiger partial charge in [0.2, 0.25) is 0 Å². The van der Waals surface area contributed by atoms with Crippen LogP contribution < -0.4 is 0 Å². The third-order valence-corrected chi connectivity index (χ3v) is 2.49. The molecule has 2 rings (SSSR count). The average molecular weight is 207 g/mol. The van der Waals surface area contributed by atoms with E-state index in [4.69, 9.17) is 0 Å². The highest BCUT2D eigenvalue weighted by Crippen LogP contribution is 2.17. The van der Waals surface area contributed by atoms with Crippen LogP contribution in [0.1, 0.15) is 38.1 Å². The molecule has 80 valence electrons. The summed E-state index contributed by atoms with van der Waals surface area (Å²) in [7, 11) is 0. The number of fused-ring (bicyclic) bond motifs is 1. The zero-order valence-electron chi connectivity index (χ0n) is 9.16. The van der Waals surface area contributed by atoms with E-state index in [1.807, 2.05) is 25.2 Å². The van der Waals surface area contributed by atoms with E-state index in [0.29, 0.717) is 17.6 Å². The van der Waals surface area contributed by atoms with Gasteiger partial charge in [-0.15, -0.1) is 10.2 Å². The summed E-state index contributed by atoms with van der Waals surface area (Å²) in [6.07, 6.45) is 2.47. The van der Waals surface area contributed by atoms with Gasteiger partial charge in [-0.05, 0) is 6.42 Å². The summed E-state index contributed by atoms with van der Waals surface area (Å²) >= 11 is 0. The minimum absolute atomic E-state index is 0.201. The predicted octanol–water partition coefficient (Wildman–Crippen LogP) is 2.55. The Morgan fingerprint density at radius 3 is 2.73 bits per heavy atom. The van der Waals surface area contributed by atoms with Crippen molar-refractivity contribution in [3.8, 4) is 0 Å². The summed E-state index contributed by atoms with van der Waals surface area (Å²) in [5.74, 6) is 0.961. The molecule has 15 heavy (non-hydrogen) atoms. The maximum Gasteiger partial charge on any atom is 0.163 e. The Morgan fingerprint density at radius 2 is 2.13 bits per heavy atom. The largest absolute Gasteiger partial charge is 0.286 e. The van der Waals surface area contributed by atoms with Crippen LogP contribution in [0, 0.1) is 5.82 Å². The number of hydrogen-bond donors (Lipinski definition) is 0. The summed E-state index contributed by atoms with van der Waals surface area (Å²) in [6.45, 7) is 6.03. The van der Waals surface area contributed by atoms with Crippen LogP contribution in [0.3, 0.4) is 0 Å². The summed E-state index contributed by atoms with van der Waals surface area (Å²) in [6, 6.07) is 1.44. The number of hydrogen-bond acceptors (Lipinski definition) is 2. The van der Waals surface area contributed by atoms with Gasteiger partial charge in [-0.25, -0.2) is 4.39 Å². The Kier molecular flexibility index (Phi) is 2.42. The molecule has 0 unspecified atom stereocenters. The molecule has 4 heteroatoms. The highest BCUT2D eigenvalue weighted by Gasteiger charge is 2.11. The van der Waals surface area contributed by atoms with Crippen LogP contribution in [0.5, 0.6) is 0 Å². The van der Waals surface area contributed by atoms with Crippen LogP contribution >= 0.6 is 0 Å². The third-order valence-electron chi connectivity index (χ3n) is 2.49. The van der Waals surface area contributed by atoms with Crippen molar-refractivity contribution < 1.29 is 4.39 Å². The average Bonchev–Trinajstić information content (AvgIpc) is 2.59. The van der Waals surface area contributed by atoms with Gasteiger partial charge >= 0.3 is 0 Å². The molecule has 0 amide bonds. The molecule has 3 nitrogen and oxygen atoms in total. The number of aryl methyl sites for hydroxylation is 1. The second-order valence-electron chi connectivity index (χ2n) is 3.94. The number of halogens is 1. The topological polar surface area (TPSA) is 30.2 Å².